The van der Waals surface area contributed by atoms with Gasteiger partial charge in [-0.2, -0.15) is 0 Å². The Kier molecular flexibility index (Phi) is 11.4. The minimum absolute atomic E-state index is 0.0531. The predicted molar refractivity (Wildman–Crippen MR) is 161 cm³/mol. The van der Waals surface area contributed by atoms with Crippen molar-refractivity contribution in [1.29, 1.82) is 0 Å². The highest BCUT2D eigenvalue weighted by atomic mass is 16.6. The first-order chi connectivity index (χ1) is 18.5. The highest BCUT2D eigenvalue weighted by Crippen LogP contribution is 2.33. The number of aryl methyl sites for hydroxylation is 2. The fourth-order valence-corrected chi connectivity index (χ4v) is 4.87. The topological polar surface area (TPSA) is 87.7 Å². The van der Waals surface area contributed by atoms with Gasteiger partial charge in [0.25, 0.3) is 0 Å². The Morgan fingerprint density at radius 1 is 0.925 bits per heavy atom. The number of hydrogen-bond donors (Lipinski definition) is 2. The summed E-state index contributed by atoms with van der Waals surface area (Å²) in [6, 6.07) is 13.5. The Morgan fingerprint density at radius 2 is 1.55 bits per heavy atom. The van der Waals surface area contributed by atoms with Crippen LogP contribution < -0.4 is 10.6 Å². The third kappa shape index (κ3) is 9.68. The average molecular weight is 552 g/mol. The first-order valence-electron chi connectivity index (χ1n) is 14.3. The maximum atomic E-state index is 14.6. The van der Waals surface area contributed by atoms with Crippen molar-refractivity contribution >= 4 is 17.9 Å². The number of benzene rings is 2. The Labute approximate surface area is 241 Å². The summed E-state index contributed by atoms with van der Waals surface area (Å²) in [5.41, 5.74) is 2.15. The molecule has 0 aliphatic carbocycles. The summed E-state index contributed by atoms with van der Waals surface area (Å²) < 4.78 is 5.53. The number of rotatable bonds is 10. The molecular formula is C33H49N3O4. The van der Waals surface area contributed by atoms with Crippen molar-refractivity contribution in [1.82, 2.24) is 15.5 Å². The molecule has 0 aliphatic rings. The van der Waals surface area contributed by atoms with Gasteiger partial charge in [-0.25, -0.2) is 4.79 Å². The molecule has 0 fully saturated rings. The van der Waals surface area contributed by atoms with Gasteiger partial charge in [0.05, 0.1) is 0 Å². The first kappa shape index (κ1) is 32.9. The lowest BCUT2D eigenvalue weighted by atomic mass is 9.91. The average Bonchev–Trinajstić information content (AvgIpc) is 2.81. The van der Waals surface area contributed by atoms with E-state index in [4.69, 9.17) is 4.74 Å². The summed E-state index contributed by atoms with van der Waals surface area (Å²) in [6.07, 6.45) is 1.32. The number of nitrogens with one attached hydrogen (secondary N) is 2. The number of alkyl carbamates (subject to hydrolysis) is 1. The van der Waals surface area contributed by atoms with Crippen molar-refractivity contribution in [3.63, 3.8) is 0 Å². The van der Waals surface area contributed by atoms with Crippen LogP contribution in [0.1, 0.15) is 96.5 Å². The molecule has 0 aromatic heterocycles. The molecule has 0 saturated carbocycles. The van der Waals surface area contributed by atoms with Crippen molar-refractivity contribution in [2.75, 3.05) is 0 Å². The van der Waals surface area contributed by atoms with Crippen molar-refractivity contribution in [2.24, 2.45) is 0 Å². The monoisotopic (exact) mass is 551 g/mol. The quantitative estimate of drug-likeness (QED) is 0.357. The van der Waals surface area contributed by atoms with E-state index in [9.17, 15) is 14.4 Å². The second-order valence-electron chi connectivity index (χ2n) is 12.7. The molecule has 40 heavy (non-hydrogen) atoms. The molecule has 0 spiro atoms. The second-order valence-corrected chi connectivity index (χ2v) is 12.7. The SMILES string of the molecule is CCCC(C)NC(=O)C(c1ccc(C)cc1C)N(C(=O)C(Cc1ccccc1)NC(=O)OC(C)(C)C)C(C)(C)C. The zero-order valence-corrected chi connectivity index (χ0v) is 26.1. The summed E-state index contributed by atoms with van der Waals surface area (Å²) >= 11 is 0. The first-order valence-corrected chi connectivity index (χ1v) is 14.3. The minimum atomic E-state index is -0.953. The van der Waals surface area contributed by atoms with Gasteiger partial charge in [0.1, 0.15) is 17.7 Å². The lowest BCUT2D eigenvalue weighted by Gasteiger charge is -2.43. The highest BCUT2D eigenvalue weighted by Gasteiger charge is 2.42. The van der Waals surface area contributed by atoms with Crippen LogP contribution >= 0.6 is 0 Å². The molecule has 3 unspecified atom stereocenters. The third-order valence-electron chi connectivity index (χ3n) is 6.57. The summed E-state index contributed by atoms with van der Waals surface area (Å²) in [7, 11) is 0. The molecule has 0 saturated heterocycles. The molecule has 2 aromatic rings. The molecule has 220 valence electrons. The van der Waals surface area contributed by atoms with Crippen molar-refractivity contribution in [2.45, 2.75) is 118 Å². The highest BCUT2D eigenvalue weighted by molar-refractivity contribution is 5.93. The van der Waals surface area contributed by atoms with E-state index in [0.717, 1.165) is 35.1 Å². The molecule has 0 aliphatic heterocycles. The van der Waals surface area contributed by atoms with E-state index in [1.54, 1.807) is 25.7 Å². The minimum Gasteiger partial charge on any atom is -0.444 e. The van der Waals surface area contributed by atoms with Crippen LogP contribution in [-0.4, -0.2) is 46.0 Å². The summed E-state index contributed by atoms with van der Waals surface area (Å²) in [5, 5.41) is 5.96. The molecule has 2 aromatic carbocycles. The lowest BCUT2D eigenvalue weighted by Crippen LogP contribution is -2.59. The summed E-state index contributed by atoms with van der Waals surface area (Å²) in [5.74, 6) is -0.600. The van der Waals surface area contributed by atoms with Gasteiger partial charge in [-0.1, -0.05) is 67.4 Å². The number of hydrogen-bond acceptors (Lipinski definition) is 4. The molecule has 0 heterocycles. The molecule has 2 N–H and O–H groups in total. The van der Waals surface area contributed by atoms with Gasteiger partial charge in [-0.15, -0.1) is 0 Å². The van der Waals surface area contributed by atoms with E-state index in [1.165, 1.54) is 0 Å². The number of amides is 3. The van der Waals surface area contributed by atoms with Crippen LogP contribution in [0.15, 0.2) is 48.5 Å². The van der Waals surface area contributed by atoms with Crippen LogP contribution in [0.2, 0.25) is 0 Å². The maximum Gasteiger partial charge on any atom is 0.408 e. The van der Waals surface area contributed by atoms with Gasteiger partial charge >= 0.3 is 6.09 Å². The molecule has 2 rings (SSSR count). The Hall–Kier alpha value is -3.35. The van der Waals surface area contributed by atoms with Gasteiger partial charge in [0, 0.05) is 18.0 Å². The van der Waals surface area contributed by atoms with Gasteiger partial charge in [0.15, 0.2) is 0 Å². The van der Waals surface area contributed by atoms with E-state index < -0.39 is 29.3 Å². The normalized spacial score (nSPS) is 14.1. The molecule has 0 bridgehead atoms. The third-order valence-corrected chi connectivity index (χ3v) is 6.57. The van der Waals surface area contributed by atoms with Gasteiger partial charge in [-0.05, 0) is 85.4 Å². The Morgan fingerprint density at radius 3 is 2.08 bits per heavy atom. The van der Waals surface area contributed by atoms with Gasteiger partial charge in [0.2, 0.25) is 11.8 Å². The summed E-state index contributed by atoms with van der Waals surface area (Å²) in [6.45, 7) is 19.1. The fourth-order valence-electron chi connectivity index (χ4n) is 4.87. The predicted octanol–water partition coefficient (Wildman–Crippen LogP) is 6.41. The van der Waals surface area contributed by atoms with Crippen LogP contribution in [0.3, 0.4) is 0 Å². The number of carbonyl (C=O) groups is 3. The van der Waals surface area contributed by atoms with Crippen molar-refractivity contribution < 1.29 is 19.1 Å². The number of nitrogens with zero attached hydrogens (tertiary/aromatic N) is 1. The van der Waals surface area contributed by atoms with Crippen LogP contribution in [-0.2, 0) is 20.7 Å². The lowest BCUT2D eigenvalue weighted by molar-refractivity contribution is -0.148. The van der Waals surface area contributed by atoms with Gasteiger partial charge < -0.3 is 20.3 Å². The van der Waals surface area contributed by atoms with Crippen LogP contribution in [0, 0.1) is 13.8 Å². The second kappa shape index (κ2) is 13.8. The molecule has 0 radical (unpaired) electrons. The van der Waals surface area contributed by atoms with Crippen LogP contribution in [0.5, 0.6) is 0 Å². The smallest absolute Gasteiger partial charge is 0.408 e. The zero-order chi connectivity index (χ0) is 30.3. The van der Waals surface area contributed by atoms with E-state index in [0.29, 0.717) is 0 Å². The van der Waals surface area contributed by atoms with E-state index >= 15 is 0 Å². The van der Waals surface area contributed by atoms with Crippen molar-refractivity contribution in [3.05, 3.63) is 70.8 Å². The van der Waals surface area contributed by atoms with Crippen molar-refractivity contribution in [3.8, 4) is 0 Å². The Balaban J connectivity index is 2.64. The molecular weight excluding hydrogens is 502 g/mol. The zero-order valence-electron chi connectivity index (χ0n) is 26.1. The van der Waals surface area contributed by atoms with Gasteiger partial charge in [-0.3, -0.25) is 9.59 Å². The fraction of sp³-hybridized carbons (Fsp3) is 0.545. The largest absolute Gasteiger partial charge is 0.444 e. The standard InChI is InChI=1S/C33H49N3O4/c1-11-15-24(4)34-29(37)28(26-19-18-22(2)20-23(26)3)36(32(5,6)7)30(38)27(21-25-16-13-12-14-17-25)35-31(39)40-33(8,9)10/h12-14,16-20,24,27-28H,11,15,21H2,1-10H3,(H,34,37)(H,35,39). The van der Waals surface area contributed by atoms with E-state index in [1.807, 2.05) is 90.1 Å². The molecule has 7 nitrogen and oxygen atoms in total. The maximum absolute atomic E-state index is 14.6. The van der Waals surface area contributed by atoms with E-state index in [2.05, 4.69) is 17.6 Å². The van der Waals surface area contributed by atoms with E-state index in [-0.39, 0.29) is 24.3 Å². The number of carbonyl (C=O) groups excluding carboxylic acids is 3. The summed E-state index contributed by atoms with van der Waals surface area (Å²) in [4.78, 5) is 43.2. The molecule has 7 heteroatoms. The molecule has 3 atom stereocenters. The van der Waals surface area contributed by atoms with Crippen LogP contribution in [0.4, 0.5) is 4.79 Å². The Bertz CT molecular complexity index is 1150. The number of ether oxygens (including phenoxy) is 1. The van der Waals surface area contributed by atoms with Crippen LogP contribution in [0.25, 0.3) is 0 Å². The molecule has 3 amide bonds.